The number of anilines is 1. The standard InChI is InChI=1S/C31H31F4N5O3/c1-39-6-8-40(9-7-39)18-22-12-24(32)27(14-23(22)31(33,34)35)38-30(41)10-19-4-5-25(36-16-19)21-11-20-13-28(42-2)29(43-3)15-26(20)37-17-21/h4-5,11-17H,6-10,18H2,1-3H3,(H,38,41). The van der Waals surface area contributed by atoms with E-state index in [2.05, 4.69) is 20.2 Å². The Morgan fingerprint density at radius 2 is 1.67 bits per heavy atom. The third-order valence-corrected chi connectivity index (χ3v) is 7.43. The average molecular weight is 598 g/mol. The van der Waals surface area contributed by atoms with E-state index in [1.54, 1.807) is 38.6 Å². The van der Waals surface area contributed by atoms with Gasteiger partial charge in [0, 0.05) is 62.1 Å². The fourth-order valence-corrected chi connectivity index (χ4v) is 5.03. The van der Waals surface area contributed by atoms with Crippen LogP contribution in [0, 0.1) is 5.82 Å². The van der Waals surface area contributed by atoms with Gasteiger partial charge in [-0.1, -0.05) is 6.07 Å². The molecule has 0 saturated carbocycles. The smallest absolute Gasteiger partial charge is 0.416 e. The lowest BCUT2D eigenvalue weighted by Crippen LogP contribution is -2.44. The normalized spacial score (nSPS) is 14.6. The molecule has 0 radical (unpaired) electrons. The number of alkyl halides is 3. The highest BCUT2D eigenvalue weighted by molar-refractivity contribution is 5.92. The topological polar surface area (TPSA) is 79.8 Å². The van der Waals surface area contributed by atoms with E-state index in [0.717, 1.165) is 30.1 Å². The summed E-state index contributed by atoms with van der Waals surface area (Å²) in [5.74, 6) is -0.461. The van der Waals surface area contributed by atoms with Gasteiger partial charge in [0.15, 0.2) is 11.5 Å². The number of fused-ring (bicyclic) bond motifs is 1. The van der Waals surface area contributed by atoms with Crippen LogP contribution in [-0.4, -0.2) is 73.1 Å². The largest absolute Gasteiger partial charge is 0.493 e. The Hall–Kier alpha value is -4.29. The van der Waals surface area contributed by atoms with Crippen LogP contribution in [0.15, 0.2) is 54.9 Å². The fourth-order valence-electron chi connectivity index (χ4n) is 5.03. The number of nitrogens with zero attached hydrogens (tertiary/aromatic N) is 4. The molecule has 0 bridgehead atoms. The maximum absolute atomic E-state index is 14.9. The number of carbonyl (C=O) groups excluding carboxylic acids is 1. The third kappa shape index (κ3) is 7.03. The molecule has 0 spiro atoms. The van der Waals surface area contributed by atoms with Crippen LogP contribution < -0.4 is 14.8 Å². The van der Waals surface area contributed by atoms with E-state index in [-0.39, 0.29) is 18.5 Å². The number of benzene rings is 2. The lowest BCUT2D eigenvalue weighted by atomic mass is 10.0. The Morgan fingerprint density at radius 3 is 2.33 bits per heavy atom. The van der Waals surface area contributed by atoms with Gasteiger partial charge in [-0.05, 0) is 48.5 Å². The van der Waals surface area contributed by atoms with Crippen LogP contribution in [0.1, 0.15) is 16.7 Å². The minimum Gasteiger partial charge on any atom is -0.493 e. The molecule has 8 nitrogen and oxygen atoms in total. The number of aromatic nitrogens is 2. The second kappa shape index (κ2) is 12.5. The summed E-state index contributed by atoms with van der Waals surface area (Å²) in [6.45, 7) is 2.58. The molecule has 1 amide bonds. The maximum Gasteiger partial charge on any atom is 0.416 e. The van der Waals surface area contributed by atoms with Crippen molar-refractivity contribution in [2.24, 2.45) is 0 Å². The molecule has 4 aromatic rings. The molecule has 1 aliphatic heterocycles. The first-order valence-corrected chi connectivity index (χ1v) is 13.6. The number of methoxy groups -OCH3 is 2. The van der Waals surface area contributed by atoms with Crippen molar-refractivity contribution in [3.8, 4) is 22.8 Å². The van der Waals surface area contributed by atoms with Crippen molar-refractivity contribution in [1.29, 1.82) is 0 Å². The van der Waals surface area contributed by atoms with E-state index in [4.69, 9.17) is 9.47 Å². The summed E-state index contributed by atoms with van der Waals surface area (Å²) in [6, 6.07) is 10.4. The van der Waals surface area contributed by atoms with Crippen LogP contribution in [-0.2, 0) is 23.9 Å². The van der Waals surface area contributed by atoms with Crippen LogP contribution in [0.5, 0.6) is 11.5 Å². The summed E-state index contributed by atoms with van der Waals surface area (Å²) in [5, 5.41) is 3.12. The first-order chi connectivity index (χ1) is 20.5. The molecule has 43 heavy (non-hydrogen) atoms. The van der Waals surface area contributed by atoms with Gasteiger partial charge in [0.1, 0.15) is 5.82 Å². The third-order valence-electron chi connectivity index (χ3n) is 7.43. The molecule has 1 N–H and O–H groups in total. The molecule has 5 rings (SSSR count). The summed E-state index contributed by atoms with van der Waals surface area (Å²) in [5.41, 5.74) is 0.910. The molecule has 226 valence electrons. The van der Waals surface area contributed by atoms with E-state index >= 15 is 0 Å². The van der Waals surface area contributed by atoms with Crippen molar-refractivity contribution < 1.29 is 31.8 Å². The predicted octanol–water partition coefficient (Wildman–Crippen LogP) is 5.40. The predicted molar refractivity (Wildman–Crippen MR) is 155 cm³/mol. The summed E-state index contributed by atoms with van der Waals surface area (Å²) >= 11 is 0. The average Bonchev–Trinajstić information content (AvgIpc) is 2.98. The Morgan fingerprint density at radius 1 is 0.953 bits per heavy atom. The van der Waals surface area contributed by atoms with Crippen molar-refractivity contribution in [1.82, 2.24) is 19.8 Å². The number of piperazine rings is 1. The molecule has 2 aromatic heterocycles. The number of halogens is 4. The van der Waals surface area contributed by atoms with Gasteiger partial charge in [-0.15, -0.1) is 0 Å². The zero-order chi connectivity index (χ0) is 30.7. The number of ether oxygens (including phenoxy) is 2. The molecule has 1 saturated heterocycles. The minimum absolute atomic E-state index is 0.0275. The van der Waals surface area contributed by atoms with Crippen molar-refractivity contribution in [3.63, 3.8) is 0 Å². The van der Waals surface area contributed by atoms with Crippen molar-refractivity contribution in [3.05, 3.63) is 77.4 Å². The van der Waals surface area contributed by atoms with E-state index in [1.807, 2.05) is 24.1 Å². The minimum atomic E-state index is -4.70. The number of pyridine rings is 2. The fraction of sp³-hybridized carbons (Fsp3) is 0.323. The van der Waals surface area contributed by atoms with E-state index in [0.29, 0.717) is 47.4 Å². The van der Waals surface area contributed by atoms with Crippen LogP contribution in [0.3, 0.4) is 0 Å². The first-order valence-electron chi connectivity index (χ1n) is 13.6. The Labute approximate surface area is 246 Å². The lowest BCUT2D eigenvalue weighted by molar-refractivity contribution is -0.138. The van der Waals surface area contributed by atoms with Gasteiger partial charge in [0.05, 0.1) is 43.1 Å². The molecule has 2 aromatic carbocycles. The molecule has 0 unspecified atom stereocenters. The van der Waals surface area contributed by atoms with Gasteiger partial charge in [-0.2, -0.15) is 13.2 Å². The molecule has 3 heterocycles. The lowest BCUT2D eigenvalue weighted by Gasteiger charge is -2.33. The highest BCUT2D eigenvalue weighted by Crippen LogP contribution is 2.36. The summed E-state index contributed by atoms with van der Waals surface area (Å²) in [4.78, 5) is 25.5. The Kier molecular flexibility index (Phi) is 8.79. The molecular weight excluding hydrogens is 566 g/mol. The summed E-state index contributed by atoms with van der Waals surface area (Å²) in [6.07, 6.45) is -1.75. The Balaban J connectivity index is 1.28. The highest BCUT2D eigenvalue weighted by Gasteiger charge is 2.35. The quantitative estimate of drug-likeness (QED) is 0.273. The van der Waals surface area contributed by atoms with Crippen LogP contribution in [0.2, 0.25) is 0 Å². The second-order valence-electron chi connectivity index (χ2n) is 10.5. The monoisotopic (exact) mass is 597 g/mol. The number of rotatable bonds is 8. The number of likely N-dealkylation sites (N-methyl/N-ethyl adjacent to an activating group) is 1. The Bertz CT molecular complexity index is 1620. The van der Waals surface area contributed by atoms with Gasteiger partial charge in [-0.25, -0.2) is 4.39 Å². The maximum atomic E-state index is 14.9. The number of hydrogen-bond donors (Lipinski definition) is 1. The summed E-state index contributed by atoms with van der Waals surface area (Å²) in [7, 11) is 5.04. The van der Waals surface area contributed by atoms with Crippen molar-refractivity contribution >= 4 is 22.5 Å². The number of nitrogens with one attached hydrogen (secondary N) is 1. The summed E-state index contributed by atoms with van der Waals surface area (Å²) < 4.78 is 67.4. The van der Waals surface area contributed by atoms with Gasteiger partial charge < -0.3 is 19.7 Å². The van der Waals surface area contributed by atoms with Gasteiger partial charge >= 0.3 is 6.18 Å². The van der Waals surface area contributed by atoms with E-state index in [9.17, 15) is 22.4 Å². The zero-order valence-corrected chi connectivity index (χ0v) is 24.0. The molecule has 12 heteroatoms. The number of amides is 1. The highest BCUT2D eigenvalue weighted by atomic mass is 19.4. The molecular formula is C31H31F4N5O3. The second-order valence-corrected chi connectivity index (χ2v) is 10.5. The molecule has 1 fully saturated rings. The van der Waals surface area contributed by atoms with Crippen molar-refractivity contribution in [2.75, 3.05) is 52.8 Å². The first kappa shape index (κ1) is 30.2. The SMILES string of the molecule is COc1cc2cc(-c3ccc(CC(=O)Nc4cc(C(F)(F)F)c(CN5CCN(C)CC5)cc4F)cn3)cnc2cc1OC. The number of carbonyl (C=O) groups is 1. The zero-order valence-electron chi connectivity index (χ0n) is 24.0. The number of hydrogen-bond acceptors (Lipinski definition) is 7. The van der Waals surface area contributed by atoms with Gasteiger partial charge in [0.25, 0.3) is 0 Å². The van der Waals surface area contributed by atoms with Crippen LogP contribution >= 0.6 is 0 Å². The van der Waals surface area contributed by atoms with Crippen molar-refractivity contribution in [2.45, 2.75) is 19.1 Å². The van der Waals surface area contributed by atoms with Crippen LogP contribution in [0.25, 0.3) is 22.2 Å². The van der Waals surface area contributed by atoms with Gasteiger partial charge in [-0.3, -0.25) is 19.7 Å². The molecule has 1 aliphatic rings. The van der Waals surface area contributed by atoms with E-state index < -0.39 is 29.2 Å². The molecule has 0 aliphatic carbocycles. The van der Waals surface area contributed by atoms with Gasteiger partial charge in [0.2, 0.25) is 5.91 Å². The van der Waals surface area contributed by atoms with Crippen LogP contribution in [0.4, 0.5) is 23.2 Å². The molecule has 0 atom stereocenters. The van der Waals surface area contributed by atoms with E-state index in [1.165, 1.54) is 6.20 Å².